The fraction of sp³-hybridized carbons (Fsp3) is 0.533. The molecular formula is C15H22BN3O3. The molecule has 0 unspecified atom stereocenters. The number of aromatic nitrogens is 2. The molecule has 1 saturated heterocycles. The van der Waals surface area contributed by atoms with Gasteiger partial charge in [-0.15, -0.1) is 0 Å². The fourth-order valence-corrected chi connectivity index (χ4v) is 2.02. The van der Waals surface area contributed by atoms with E-state index in [0.717, 1.165) is 11.0 Å². The first-order valence-electron chi connectivity index (χ1n) is 7.27. The van der Waals surface area contributed by atoms with Crippen molar-refractivity contribution in [3.8, 4) is 0 Å². The summed E-state index contributed by atoms with van der Waals surface area (Å²) in [5, 5.41) is 2.79. The SMILES string of the molecule is CC(=O)NCC(=Cc1cncnc1)B1OC(C)(C)C(C)(C)O1. The Labute approximate surface area is 131 Å². The number of hydrogen-bond donors (Lipinski definition) is 1. The van der Waals surface area contributed by atoms with Gasteiger partial charge in [0.15, 0.2) is 0 Å². The second kappa shape index (κ2) is 6.18. The first-order chi connectivity index (χ1) is 10.2. The molecule has 1 aromatic heterocycles. The summed E-state index contributed by atoms with van der Waals surface area (Å²) in [4.78, 5) is 19.2. The summed E-state index contributed by atoms with van der Waals surface area (Å²) in [7, 11) is -0.517. The van der Waals surface area contributed by atoms with Crippen molar-refractivity contribution in [1.29, 1.82) is 0 Å². The monoisotopic (exact) mass is 303 g/mol. The third kappa shape index (κ3) is 3.72. The Morgan fingerprint density at radius 1 is 1.23 bits per heavy atom. The Morgan fingerprint density at radius 3 is 2.27 bits per heavy atom. The molecule has 0 aliphatic carbocycles. The van der Waals surface area contributed by atoms with Crippen LogP contribution in [0.2, 0.25) is 0 Å². The maximum atomic E-state index is 11.2. The molecule has 1 N–H and O–H groups in total. The van der Waals surface area contributed by atoms with Gasteiger partial charge in [0.25, 0.3) is 0 Å². The molecule has 6 nitrogen and oxygen atoms in total. The Kier molecular flexibility index (Phi) is 4.67. The van der Waals surface area contributed by atoms with Crippen LogP contribution >= 0.6 is 0 Å². The van der Waals surface area contributed by atoms with Gasteiger partial charge in [-0.05, 0) is 33.2 Å². The predicted molar refractivity (Wildman–Crippen MR) is 84.8 cm³/mol. The first-order valence-corrected chi connectivity index (χ1v) is 7.27. The Morgan fingerprint density at radius 2 is 1.77 bits per heavy atom. The van der Waals surface area contributed by atoms with Gasteiger partial charge in [-0.2, -0.15) is 0 Å². The zero-order chi connectivity index (χ0) is 16.4. The summed E-state index contributed by atoms with van der Waals surface area (Å²) in [6, 6.07) is 0. The van der Waals surface area contributed by atoms with Crippen LogP contribution in [0.5, 0.6) is 0 Å². The molecule has 1 fully saturated rings. The van der Waals surface area contributed by atoms with Crippen molar-refractivity contribution >= 4 is 19.1 Å². The van der Waals surface area contributed by atoms with Crippen LogP contribution in [0.1, 0.15) is 40.2 Å². The van der Waals surface area contributed by atoms with E-state index < -0.39 is 18.3 Å². The van der Waals surface area contributed by atoms with Crippen molar-refractivity contribution in [2.45, 2.75) is 45.8 Å². The minimum atomic E-state index is -0.517. The van der Waals surface area contributed by atoms with E-state index in [1.54, 1.807) is 12.4 Å². The van der Waals surface area contributed by atoms with Gasteiger partial charge in [-0.1, -0.05) is 6.08 Å². The van der Waals surface area contributed by atoms with Crippen molar-refractivity contribution in [3.63, 3.8) is 0 Å². The summed E-state index contributed by atoms with van der Waals surface area (Å²) >= 11 is 0. The maximum Gasteiger partial charge on any atom is 0.492 e. The lowest BCUT2D eigenvalue weighted by molar-refractivity contribution is -0.118. The number of carbonyl (C=O) groups is 1. The predicted octanol–water partition coefficient (Wildman–Crippen LogP) is 1.63. The molecule has 22 heavy (non-hydrogen) atoms. The lowest BCUT2D eigenvalue weighted by Crippen LogP contribution is -2.41. The van der Waals surface area contributed by atoms with Gasteiger partial charge in [-0.25, -0.2) is 9.97 Å². The summed E-state index contributed by atoms with van der Waals surface area (Å²) in [6.45, 7) is 9.81. The average Bonchev–Trinajstić information content (AvgIpc) is 2.64. The Bertz CT molecular complexity index is 557. The Hall–Kier alpha value is -1.73. The quantitative estimate of drug-likeness (QED) is 0.856. The summed E-state index contributed by atoms with van der Waals surface area (Å²) in [6.07, 6.45) is 6.76. The van der Waals surface area contributed by atoms with Gasteiger partial charge >= 0.3 is 7.12 Å². The number of amides is 1. The highest BCUT2D eigenvalue weighted by atomic mass is 16.7. The van der Waals surface area contributed by atoms with Gasteiger partial charge in [0.1, 0.15) is 6.33 Å². The molecule has 118 valence electrons. The molecule has 7 heteroatoms. The van der Waals surface area contributed by atoms with Crippen molar-refractivity contribution in [2.24, 2.45) is 0 Å². The highest BCUT2D eigenvalue weighted by molar-refractivity contribution is 6.56. The highest BCUT2D eigenvalue weighted by Gasteiger charge is 2.52. The zero-order valence-electron chi connectivity index (χ0n) is 13.7. The largest absolute Gasteiger partial charge is 0.492 e. The van der Waals surface area contributed by atoms with E-state index in [0.29, 0.717) is 6.54 Å². The van der Waals surface area contributed by atoms with E-state index in [-0.39, 0.29) is 5.91 Å². The van der Waals surface area contributed by atoms with E-state index >= 15 is 0 Å². The van der Waals surface area contributed by atoms with Crippen molar-refractivity contribution < 1.29 is 14.1 Å². The standard InChI is InChI=1S/C15H22BN3O3/c1-11(20)19-9-13(6-12-7-17-10-18-8-12)16-21-14(2,3)15(4,5)22-16/h6-8,10H,9H2,1-5H3,(H,19,20). The molecule has 0 spiro atoms. The normalized spacial score (nSPS) is 20.0. The van der Waals surface area contributed by atoms with Crippen LogP contribution in [0, 0.1) is 0 Å². The second-order valence-electron chi connectivity index (χ2n) is 6.39. The number of hydrogen-bond acceptors (Lipinski definition) is 5. The fourth-order valence-electron chi connectivity index (χ4n) is 2.02. The third-order valence-corrected chi connectivity index (χ3v) is 4.03. The third-order valence-electron chi connectivity index (χ3n) is 4.03. The molecule has 0 aromatic carbocycles. The molecule has 0 bridgehead atoms. The Balaban J connectivity index is 2.26. The van der Waals surface area contributed by atoms with E-state index in [2.05, 4.69) is 15.3 Å². The molecular weight excluding hydrogens is 281 g/mol. The van der Waals surface area contributed by atoms with Crippen LogP contribution in [0.25, 0.3) is 6.08 Å². The number of nitrogens with one attached hydrogen (secondary N) is 1. The molecule has 0 radical (unpaired) electrons. The molecule has 1 aromatic rings. The number of nitrogens with zero attached hydrogens (tertiary/aromatic N) is 2. The molecule has 0 atom stereocenters. The van der Waals surface area contributed by atoms with Crippen LogP contribution in [0.4, 0.5) is 0 Å². The number of carbonyl (C=O) groups excluding carboxylic acids is 1. The minimum Gasteiger partial charge on any atom is -0.400 e. The van der Waals surface area contributed by atoms with E-state index in [9.17, 15) is 4.79 Å². The molecule has 2 rings (SSSR count). The molecule has 1 aliphatic rings. The van der Waals surface area contributed by atoms with E-state index in [1.807, 2.05) is 33.8 Å². The summed E-state index contributed by atoms with van der Waals surface area (Å²) in [5.41, 5.74) is 0.793. The lowest BCUT2D eigenvalue weighted by atomic mass is 9.77. The van der Waals surface area contributed by atoms with Gasteiger partial charge in [0.2, 0.25) is 5.91 Å². The van der Waals surface area contributed by atoms with Crippen molar-refractivity contribution in [1.82, 2.24) is 15.3 Å². The van der Waals surface area contributed by atoms with Crippen molar-refractivity contribution in [3.05, 3.63) is 29.8 Å². The molecule has 1 amide bonds. The smallest absolute Gasteiger partial charge is 0.400 e. The lowest BCUT2D eigenvalue weighted by Gasteiger charge is -2.32. The summed E-state index contributed by atoms with van der Waals surface area (Å²) < 4.78 is 12.1. The van der Waals surface area contributed by atoms with E-state index in [4.69, 9.17) is 9.31 Å². The first kappa shape index (κ1) is 16.6. The highest BCUT2D eigenvalue weighted by Crippen LogP contribution is 2.38. The van der Waals surface area contributed by atoms with Crippen molar-refractivity contribution in [2.75, 3.05) is 6.54 Å². The van der Waals surface area contributed by atoms with Crippen LogP contribution in [0.3, 0.4) is 0 Å². The van der Waals surface area contributed by atoms with Gasteiger partial charge in [-0.3, -0.25) is 4.79 Å². The van der Waals surface area contributed by atoms with E-state index in [1.165, 1.54) is 13.3 Å². The van der Waals surface area contributed by atoms with Gasteiger partial charge in [0.05, 0.1) is 11.2 Å². The minimum absolute atomic E-state index is 0.105. The average molecular weight is 303 g/mol. The second-order valence-corrected chi connectivity index (χ2v) is 6.39. The van der Waals surface area contributed by atoms with Crippen LogP contribution in [-0.4, -0.2) is 40.7 Å². The summed E-state index contributed by atoms with van der Waals surface area (Å²) in [5.74, 6) is -0.105. The van der Waals surface area contributed by atoms with Gasteiger partial charge in [0, 0.05) is 31.4 Å². The topological polar surface area (TPSA) is 73.3 Å². The molecule has 0 saturated carbocycles. The van der Waals surface area contributed by atoms with Crippen LogP contribution in [-0.2, 0) is 14.1 Å². The number of rotatable bonds is 4. The van der Waals surface area contributed by atoms with Crippen LogP contribution in [0.15, 0.2) is 24.2 Å². The molecule has 2 heterocycles. The van der Waals surface area contributed by atoms with Gasteiger partial charge < -0.3 is 14.6 Å². The molecule has 1 aliphatic heterocycles. The maximum absolute atomic E-state index is 11.2. The zero-order valence-corrected chi connectivity index (χ0v) is 13.7. The van der Waals surface area contributed by atoms with Crippen LogP contribution < -0.4 is 5.32 Å².